The number of piperidine rings is 1. The van der Waals surface area contributed by atoms with E-state index in [2.05, 4.69) is 72.7 Å². The maximum absolute atomic E-state index is 12.9. The maximum atomic E-state index is 12.9. The number of anilines is 1. The number of rotatable bonds is 10. The van der Waals surface area contributed by atoms with E-state index in [1.807, 2.05) is 0 Å². The third kappa shape index (κ3) is 7.43. The lowest BCUT2D eigenvalue weighted by Crippen LogP contribution is -2.47. The number of hydrogen-bond acceptors (Lipinski definition) is 8. The van der Waals surface area contributed by atoms with Crippen molar-refractivity contribution in [1.29, 1.82) is 5.26 Å². The molecule has 0 atom stereocenters. The lowest BCUT2D eigenvalue weighted by molar-refractivity contribution is -0.126. The quantitative estimate of drug-likeness (QED) is 0.227. The highest BCUT2D eigenvalue weighted by molar-refractivity contribution is 7.18. The summed E-state index contributed by atoms with van der Waals surface area (Å²) in [5.41, 5.74) is 4.35. The number of aryl methyl sites for hydroxylation is 1. The summed E-state index contributed by atoms with van der Waals surface area (Å²) in [6, 6.07) is 10.6. The van der Waals surface area contributed by atoms with Gasteiger partial charge in [0.05, 0.1) is 11.8 Å². The van der Waals surface area contributed by atoms with Crippen LogP contribution < -0.4 is 5.32 Å². The van der Waals surface area contributed by atoms with Crippen LogP contribution in [0.1, 0.15) is 47.9 Å². The fourth-order valence-electron chi connectivity index (χ4n) is 6.80. The van der Waals surface area contributed by atoms with Gasteiger partial charge < -0.3 is 14.8 Å². The zero-order valence-electron chi connectivity index (χ0n) is 26.0. The molecule has 0 saturated carbocycles. The molecule has 2 aliphatic heterocycles. The van der Waals surface area contributed by atoms with E-state index >= 15 is 0 Å². The number of likely N-dealkylation sites (tertiary alicyclic amines) is 1. The van der Waals surface area contributed by atoms with Crippen LogP contribution in [0.25, 0.3) is 21.1 Å². The summed E-state index contributed by atoms with van der Waals surface area (Å²) < 4.78 is 41.0. The molecule has 8 nitrogen and oxygen atoms in total. The summed E-state index contributed by atoms with van der Waals surface area (Å²) in [5, 5.41) is 15.2. The summed E-state index contributed by atoms with van der Waals surface area (Å²) >= 11 is 1.08. The molecule has 6 rings (SSSR count). The Hall–Kier alpha value is -3.24. The molecule has 240 valence electrons. The second kappa shape index (κ2) is 13.6. The van der Waals surface area contributed by atoms with Gasteiger partial charge in [-0.2, -0.15) is 18.4 Å². The highest BCUT2D eigenvalue weighted by Gasteiger charge is 2.29. The normalized spacial score (nSPS) is 17.8. The van der Waals surface area contributed by atoms with Gasteiger partial charge in [0, 0.05) is 80.7 Å². The number of nitriles is 1. The molecule has 0 spiro atoms. The molecule has 3 aromatic heterocycles. The standard InChI is InChI=1S/C33H41F3N8S/c1-3-8-41-11-13-42(14-12-41)15-16-44-26(20-37)17-28-23(2)24(4-5-30(28)44)21-43-9-6-25(7-10-43)40-31-29-18-27(19-33(34,35)36)45-32(29)39-22-38-31/h4-5,17-18,22,25H,3,6-16,19,21H2,1-2H3,(H,38,39,40). The largest absolute Gasteiger partial charge is 0.393 e. The van der Waals surface area contributed by atoms with Gasteiger partial charge in [-0.25, -0.2) is 9.97 Å². The molecule has 2 fully saturated rings. The van der Waals surface area contributed by atoms with E-state index in [-0.39, 0.29) is 10.9 Å². The monoisotopic (exact) mass is 638 g/mol. The van der Waals surface area contributed by atoms with Crippen molar-refractivity contribution >= 4 is 38.3 Å². The summed E-state index contributed by atoms with van der Waals surface area (Å²) in [7, 11) is 0. The van der Waals surface area contributed by atoms with Crippen molar-refractivity contribution < 1.29 is 13.2 Å². The van der Waals surface area contributed by atoms with Crippen LogP contribution in [-0.4, -0.2) is 93.8 Å². The van der Waals surface area contributed by atoms with Crippen LogP contribution in [-0.2, 0) is 19.5 Å². The Morgan fingerprint density at radius 3 is 2.38 bits per heavy atom. The molecule has 0 bridgehead atoms. The van der Waals surface area contributed by atoms with E-state index < -0.39 is 12.6 Å². The molecule has 1 aromatic carbocycles. The molecule has 5 heterocycles. The maximum Gasteiger partial charge on any atom is 0.393 e. The zero-order valence-corrected chi connectivity index (χ0v) is 26.9. The molecular formula is C33H41F3N8S. The average molecular weight is 639 g/mol. The Bertz CT molecular complexity index is 1660. The fourth-order valence-corrected chi connectivity index (χ4v) is 7.82. The number of hydrogen-bond donors (Lipinski definition) is 1. The Morgan fingerprint density at radius 1 is 0.956 bits per heavy atom. The number of halogens is 3. The highest BCUT2D eigenvalue weighted by atomic mass is 32.1. The number of benzene rings is 1. The number of fused-ring (bicyclic) bond motifs is 2. The summed E-state index contributed by atoms with van der Waals surface area (Å²) in [5.74, 6) is 0.612. The van der Waals surface area contributed by atoms with Crippen molar-refractivity contribution in [3.8, 4) is 6.07 Å². The van der Waals surface area contributed by atoms with Crippen LogP contribution in [0.5, 0.6) is 0 Å². The van der Waals surface area contributed by atoms with E-state index in [9.17, 15) is 18.4 Å². The van der Waals surface area contributed by atoms with Gasteiger partial charge in [0.1, 0.15) is 28.7 Å². The fraction of sp³-hybridized carbons (Fsp3) is 0.545. The molecule has 0 amide bonds. The second-order valence-electron chi connectivity index (χ2n) is 12.4. The molecule has 12 heteroatoms. The van der Waals surface area contributed by atoms with Crippen molar-refractivity contribution in [1.82, 2.24) is 29.2 Å². The van der Waals surface area contributed by atoms with Crippen LogP contribution in [0.15, 0.2) is 30.6 Å². The van der Waals surface area contributed by atoms with Crippen molar-refractivity contribution in [3.63, 3.8) is 0 Å². The van der Waals surface area contributed by atoms with Crippen molar-refractivity contribution in [2.75, 3.05) is 57.7 Å². The lowest BCUT2D eigenvalue weighted by atomic mass is 10.0. The smallest absolute Gasteiger partial charge is 0.367 e. The van der Waals surface area contributed by atoms with Gasteiger partial charge in [0.25, 0.3) is 0 Å². The summed E-state index contributed by atoms with van der Waals surface area (Å²) in [6.45, 7) is 14.4. The Labute approximate surface area is 266 Å². The third-order valence-corrected chi connectivity index (χ3v) is 10.3. The van der Waals surface area contributed by atoms with Crippen molar-refractivity contribution in [2.24, 2.45) is 0 Å². The first-order valence-corrected chi connectivity index (χ1v) is 16.8. The molecule has 4 aromatic rings. The summed E-state index contributed by atoms with van der Waals surface area (Å²) in [6.07, 6.45) is -0.755. The van der Waals surface area contributed by atoms with Crippen LogP contribution >= 0.6 is 11.3 Å². The van der Waals surface area contributed by atoms with E-state index in [1.165, 1.54) is 30.4 Å². The first-order valence-electron chi connectivity index (χ1n) is 16.0. The van der Waals surface area contributed by atoms with Crippen LogP contribution in [0.4, 0.5) is 19.0 Å². The minimum atomic E-state index is -4.25. The van der Waals surface area contributed by atoms with Gasteiger partial charge in [-0.15, -0.1) is 11.3 Å². The van der Waals surface area contributed by atoms with E-state index in [1.54, 1.807) is 6.07 Å². The van der Waals surface area contributed by atoms with Gasteiger partial charge in [-0.3, -0.25) is 9.80 Å². The summed E-state index contributed by atoms with van der Waals surface area (Å²) in [4.78, 5) is 16.9. The van der Waals surface area contributed by atoms with Crippen LogP contribution in [0.3, 0.4) is 0 Å². The molecule has 0 unspecified atom stereocenters. The minimum absolute atomic E-state index is 0.190. The first-order chi connectivity index (χ1) is 21.7. The molecule has 0 aliphatic carbocycles. The van der Waals surface area contributed by atoms with Gasteiger partial charge >= 0.3 is 6.18 Å². The molecule has 2 saturated heterocycles. The lowest BCUT2D eigenvalue weighted by Gasteiger charge is -2.34. The van der Waals surface area contributed by atoms with Crippen LogP contribution in [0.2, 0.25) is 0 Å². The predicted molar refractivity (Wildman–Crippen MR) is 174 cm³/mol. The Balaban J connectivity index is 1.06. The van der Waals surface area contributed by atoms with Gasteiger partial charge in [-0.05, 0) is 62.1 Å². The minimum Gasteiger partial charge on any atom is -0.367 e. The van der Waals surface area contributed by atoms with Crippen molar-refractivity contribution in [2.45, 2.75) is 64.8 Å². The molecule has 1 N–H and O–H groups in total. The number of aromatic nitrogens is 3. The SMILES string of the molecule is CCCN1CCN(CCn2c(C#N)cc3c(C)c(CN4CCC(Nc5ncnc6sc(CC(F)(F)F)cc56)CC4)ccc32)CC1. The Morgan fingerprint density at radius 2 is 1.69 bits per heavy atom. The van der Waals surface area contributed by atoms with Crippen LogP contribution in [0, 0.1) is 18.3 Å². The topological polar surface area (TPSA) is 76.2 Å². The molecule has 45 heavy (non-hydrogen) atoms. The number of nitrogens with zero attached hydrogens (tertiary/aromatic N) is 7. The predicted octanol–water partition coefficient (Wildman–Crippen LogP) is 6.04. The van der Waals surface area contributed by atoms with E-state index in [0.29, 0.717) is 16.0 Å². The van der Waals surface area contributed by atoms with Gasteiger partial charge in [0.2, 0.25) is 0 Å². The van der Waals surface area contributed by atoms with E-state index in [4.69, 9.17) is 0 Å². The average Bonchev–Trinajstić information content (AvgIpc) is 3.59. The Kier molecular flexibility index (Phi) is 9.61. The second-order valence-corrected chi connectivity index (χ2v) is 13.5. The van der Waals surface area contributed by atoms with Crippen molar-refractivity contribution in [3.05, 3.63) is 52.3 Å². The van der Waals surface area contributed by atoms with Gasteiger partial charge in [-0.1, -0.05) is 13.0 Å². The number of alkyl halides is 3. The molecule has 2 aliphatic rings. The number of nitrogens with one attached hydrogen (secondary N) is 1. The number of piperazine rings is 1. The highest BCUT2D eigenvalue weighted by Crippen LogP contribution is 2.33. The van der Waals surface area contributed by atoms with Gasteiger partial charge in [0.15, 0.2) is 0 Å². The molecule has 0 radical (unpaired) electrons. The van der Waals surface area contributed by atoms with E-state index in [0.717, 1.165) is 99.7 Å². The first kappa shape index (κ1) is 31.7. The zero-order chi connectivity index (χ0) is 31.6. The number of thiophene rings is 1. The molecular weight excluding hydrogens is 597 g/mol. The third-order valence-electron chi connectivity index (χ3n) is 9.30.